The van der Waals surface area contributed by atoms with Crippen LogP contribution in [0, 0.1) is 0 Å². The average Bonchev–Trinajstić information content (AvgIpc) is 3.54. The zero-order chi connectivity index (χ0) is 29.4. The summed E-state index contributed by atoms with van der Waals surface area (Å²) >= 11 is 0. The number of allylic oxidation sites excluding steroid dienone is 1. The second-order valence-corrected chi connectivity index (χ2v) is 10.4. The van der Waals surface area contributed by atoms with Crippen molar-refractivity contribution in [2.75, 3.05) is 0 Å². The number of rotatable bonds is 11. The van der Waals surface area contributed by atoms with E-state index in [4.69, 9.17) is 19.2 Å². The number of hydrogen-bond acceptors (Lipinski definition) is 5. The summed E-state index contributed by atoms with van der Waals surface area (Å²) in [5.41, 5.74) is 8.02. The van der Waals surface area contributed by atoms with Gasteiger partial charge in [-0.25, -0.2) is 9.78 Å². The Morgan fingerprint density at radius 1 is 0.744 bits per heavy atom. The lowest BCUT2D eigenvalue weighted by Gasteiger charge is -2.21. The number of hydrogen-bond donors (Lipinski definition) is 0. The van der Waals surface area contributed by atoms with Crippen LogP contribution >= 0.6 is 0 Å². The predicted octanol–water partition coefficient (Wildman–Crippen LogP) is 8.40. The van der Waals surface area contributed by atoms with E-state index in [9.17, 15) is 4.79 Å². The molecule has 6 rings (SSSR count). The van der Waals surface area contributed by atoms with Gasteiger partial charge >= 0.3 is 5.97 Å². The topological polar surface area (TPSA) is 57.7 Å². The van der Waals surface area contributed by atoms with Crippen molar-refractivity contribution in [2.24, 2.45) is 0 Å². The number of pyridine rings is 1. The fourth-order valence-electron chi connectivity index (χ4n) is 5.25. The minimum atomic E-state index is -0.540. The maximum atomic E-state index is 13.9. The Balaban J connectivity index is 1.46. The summed E-state index contributed by atoms with van der Waals surface area (Å²) in [6.07, 6.45) is 5.78. The SMILES string of the molecule is CCc1c(-c2ccc3c(c2)CC=C3)nc(OCc2ccccc2)c(C(=O)OCc2ccccc2)c1OCc1ccccc1. The summed E-state index contributed by atoms with van der Waals surface area (Å²) in [5, 5.41) is 0. The van der Waals surface area contributed by atoms with Crippen LogP contribution in [0.2, 0.25) is 0 Å². The van der Waals surface area contributed by atoms with E-state index in [2.05, 4.69) is 30.4 Å². The monoisotopic (exact) mass is 567 g/mol. The third-order valence-electron chi connectivity index (χ3n) is 7.48. The molecule has 0 aliphatic heterocycles. The molecule has 0 saturated carbocycles. The third kappa shape index (κ3) is 6.52. The summed E-state index contributed by atoms with van der Waals surface area (Å²) < 4.78 is 18.7. The van der Waals surface area contributed by atoms with Crippen molar-refractivity contribution in [1.82, 2.24) is 4.98 Å². The standard InChI is InChI=1S/C38H33NO4/c1-2-33-35(32-22-21-30-19-12-20-31(30)23-32)39-37(42-25-28-15-8-4-9-16-28)34(36(33)41-24-27-13-6-3-7-14-27)38(40)43-26-29-17-10-5-11-18-29/h3-19,21-23H,2,20,24-26H2,1H3. The maximum absolute atomic E-state index is 13.9. The van der Waals surface area contributed by atoms with Gasteiger partial charge in [-0.05, 0) is 46.7 Å². The molecule has 5 heteroatoms. The first-order chi connectivity index (χ1) is 21.2. The Kier molecular flexibility index (Phi) is 8.60. The van der Waals surface area contributed by atoms with Gasteiger partial charge < -0.3 is 14.2 Å². The molecule has 0 bridgehead atoms. The van der Waals surface area contributed by atoms with Crippen molar-refractivity contribution in [2.45, 2.75) is 39.6 Å². The highest BCUT2D eigenvalue weighted by Gasteiger charge is 2.29. The summed E-state index contributed by atoms with van der Waals surface area (Å²) in [7, 11) is 0. The van der Waals surface area contributed by atoms with Crippen LogP contribution in [0.4, 0.5) is 0 Å². The molecule has 0 spiro atoms. The molecule has 4 aromatic carbocycles. The van der Waals surface area contributed by atoms with Crippen LogP contribution in [-0.4, -0.2) is 11.0 Å². The molecule has 43 heavy (non-hydrogen) atoms. The van der Waals surface area contributed by atoms with Crippen molar-refractivity contribution in [1.29, 1.82) is 0 Å². The van der Waals surface area contributed by atoms with Gasteiger partial charge in [-0.2, -0.15) is 0 Å². The number of carbonyl (C=O) groups excluding carboxylic acids is 1. The van der Waals surface area contributed by atoms with E-state index in [1.165, 1.54) is 11.1 Å². The Labute approximate surface area is 252 Å². The minimum absolute atomic E-state index is 0.122. The van der Waals surface area contributed by atoms with E-state index in [-0.39, 0.29) is 31.3 Å². The third-order valence-corrected chi connectivity index (χ3v) is 7.48. The quantitative estimate of drug-likeness (QED) is 0.150. The number of carbonyl (C=O) groups is 1. The van der Waals surface area contributed by atoms with E-state index in [1.807, 2.05) is 97.9 Å². The molecular weight excluding hydrogens is 534 g/mol. The highest BCUT2D eigenvalue weighted by Crippen LogP contribution is 2.40. The van der Waals surface area contributed by atoms with E-state index in [0.717, 1.165) is 39.9 Å². The van der Waals surface area contributed by atoms with Gasteiger partial charge in [0.25, 0.3) is 0 Å². The van der Waals surface area contributed by atoms with Crippen LogP contribution in [0.3, 0.4) is 0 Å². The molecule has 0 unspecified atom stereocenters. The van der Waals surface area contributed by atoms with Crippen LogP contribution < -0.4 is 9.47 Å². The first-order valence-electron chi connectivity index (χ1n) is 14.6. The van der Waals surface area contributed by atoms with Crippen molar-refractivity contribution in [3.63, 3.8) is 0 Å². The van der Waals surface area contributed by atoms with Crippen LogP contribution in [0.1, 0.15) is 50.7 Å². The first kappa shape index (κ1) is 28.0. The second kappa shape index (κ2) is 13.2. The van der Waals surface area contributed by atoms with Gasteiger partial charge in [0.15, 0.2) is 5.56 Å². The number of benzene rings is 4. The van der Waals surface area contributed by atoms with Crippen LogP contribution in [-0.2, 0) is 37.4 Å². The molecule has 1 heterocycles. The molecule has 1 aliphatic carbocycles. The van der Waals surface area contributed by atoms with Gasteiger partial charge in [-0.1, -0.05) is 122 Å². The van der Waals surface area contributed by atoms with E-state index < -0.39 is 5.97 Å². The molecule has 214 valence electrons. The normalized spacial score (nSPS) is 11.7. The summed E-state index contributed by atoms with van der Waals surface area (Å²) in [4.78, 5) is 18.9. The van der Waals surface area contributed by atoms with Crippen molar-refractivity contribution < 1.29 is 19.0 Å². The maximum Gasteiger partial charge on any atom is 0.347 e. The van der Waals surface area contributed by atoms with Gasteiger partial charge in [0.2, 0.25) is 5.88 Å². The lowest BCUT2D eigenvalue weighted by atomic mass is 9.97. The molecule has 5 nitrogen and oxygen atoms in total. The summed E-state index contributed by atoms with van der Waals surface area (Å²) in [6, 6.07) is 35.7. The molecule has 0 atom stereocenters. The molecular formula is C38H33NO4. The Hall–Kier alpha value is -5.16. The second-order valence-electron chi connectivity index (χ2n) is 10.4. The van der Waals surface area contributed by atoms with Crippen molar-refractivity contribution in [3.05, 3.63) is 154 Å². The van der Waals surface area contributed by atoms with Crippen molar-refractivity contribution in [3.8, 4) is 22.9 Å². The van der Waals surface area contributed by atoms with Gasteiger partial charge in [-0.15, -0.1) is 0 Å². The molecule has 1 aromatic heterocycles. The van der Waals surface area contributed by atoms with Crippen LogP contribution in [0.25, 0.3) is 17.3 Å². The van der Waals surface area contributed by atoms with E-state index >= 15 is 0 Å². The zero-order valence-corrected chi connectivity index (χ0v) is 24.2. The van der Waals surface area contributed by atoms with Gasteiger partial charge in [-0.3, -0.25) is 0 Å². The van der Waals surface area contributed by atoms with Crippen molar-refractivity contribution >= 4 is 12.0 Å². The first-order valence-corrected chi connectivity index (χ1v) is 14.6. The smallest absolute Gasteiger partial charge is 0.347 e. The highest BCUT2D eigenvalue weighted by molar-refractivity contribution is 5.96. The predicted molar refractivity (Wildman–Crippen MR) is 169 cm³/mol. The van der Waals surface area contributed by atoms with Gasteiger partial charge in [0, 0.05) is 11.1 Å². The van der Waals surface area contributed by atoms with Crippen LogP contribution in [0.5, 0.6) is 11.6 Å². The fourth-order valence-corrected chi connectivity index (χ4v) is 5.25. The molecule has 0 saturated heterocycles. The highest BCUT2D eigenvalue weighted by atomic mass is 16.5. The Morgan fingerprint density at radius 3 is 1.98 bits per heavy atom. The Morgan fingerprint density at radius 2 is 1.35 bits per heavy atom. The van der Waals surface area contributed by atoms with Crippen LogP contribution in [0.15, 0.2) is 115 Å². The average molecular weight is 568 g/mol. The molecule has 1 aliphatic rings. The zero-order valence-electron chi connectivity index (χ0n) is 24.2. The molecule has 0 amide bonds. The number of fused-ring (bicyclic) bond motifs is 1. The van der Waals surface area contributed by atoms with E-state index in [0.29, 0.717) is 12.2 Å². The van der Waals surface area contributed by atoms with Gasteiger partial charge in [0.05, 0.1) is 5.69 Å². The lowest BCUT2D eigenvalue weighted by molar-refractivity contribution is 0.0460. The molecule has 0 N–H and O–H groups in total. The summed E-state index contributed by atoms with van der Waals surface area (Å²) in [5.74, 6) is 0.0915. The molecule has 0 fully saturated rings. The summed E-state index contributed by atoms with van der Waals surface area (Å²) in [6.45, 7) is 2.69. The number of nitrogens with zero attached hydrogens (tertiary/aromatic N) is 1. The largest absolute Gasteiger partial charge is 0.487 e. The molecule has 0 radical (unpaired) electrons. The number of esters is 1. The minimum Gasteiger partial charge on any atom is -0.487 e. The number of aromatic nitrogens is 1. The van der Waals surface area contributed by atoms with Gasteiger partial charge in [0.1, 0.15) is 25.6 Å². The Bertz CT molecular complexity index is 1730. The lowest BCUT2D eigenvalue weighted by Crippen LogP contribution is -2.15. The number of ether oxygens (including phenoxy) is 3. The molecule has 5 aromatic rings. The van der Waals surface area contributed by atoms with E-state index in [1.54, 1.807) is 0 Å². The fraction of sp³-hybridized carbons (Fsp3) is 0.158.